The first kappa shape index (κ1) is 21.1. The fourth-order valence-electron chi connectivity index (χ4n) is 2.99. The third-order valence-corrected chi connectivity index (χ3v) is 5.37. The molecule has 1 N–H and O–H groups in total. The summed E-state index contributed by atoms with van der Waals surface area (Å²) in [5.41, 5.74) is 0.655. The molecular formula is C21H22BF2NO4. The molecule has 152 valence electrons. The summed E-state index contributed by atoms with van der Waals surface area (Å²) in [7, 11) is -0.554. The van der Waals surface area contributed by atoms with Crippen LogP contribution in [0.5, 0.6) is 0 Å². The van der Waals surface area contributed by atoms with E-state index in [1.54, 1.807) is 18.2 Å². The first-order chi connectivity index (χ1) is 13.4. The van der Waals surface area contributed by atoms with Gasteiger partial charge < -0.3 is 14.6 Å². The molecule has 8 heteroatoms. The number of carbonyl (C=O) groups is 2. The zero-order valence-corrected chi connectivity index (χ0v) is 16.9. The van der Waals surface area contributed by atoms with Crippen LogP contribution in [0.2, 0.25) is 0 Å². The Kier molecular flexibility index (Phi) is 5.36. The first-order valence-corrected chi connectivity index (χ1v) is 9.17. The fourth-order valence-corrected chi connectivity index (χ4v) is 2.99. The molecule has 3 rings (SSSR count). The maximum Gasteiger partial charge on any atom is 0.495 e. The van der Waals surface area contributed by atoms with E-state index in [4.69, 9.17) is 9.31 Å². The number of aryl methyl sites for hydroxylation is 1. The van der Waals surface area contributed by atoms with Crippen LogP contribution in [-0.4, -0.2) is 30.0 Å². The second-order valence-corrected chi connectivity index (χ2v) is 8.10. The SMILES string of the molecule is Cc1cc(NC(=O)C(=O)c2cc(F)cc(F)c2)ccc1B1OC(C)(C)C(C)(C)O1. The first-order valence-electron chi connectivity index (χ1n) is 9.17. The monoisotopic (exact) mass is 401 g/mol. The van der Waals surface area contributed by atoms with E-state index >= 15 is 0 Å². The third kappa shape index (κ3) is 4.23. The number of ketones is 1. The van der Waals surface area contributed by atoms with Crippen molar-refractivity contribution in [3.8, 4) is 0 Å². The quantitative estimate of drug-likeness (QED) is 0.485. The lowest BCUT2D eigenvalue weighted by Crippen LogP contribution is -2.41. The number of hydrogen-bond acceptors (Lipinski definition) is 4. The Morgan fingerprint density at radius 1 is 0.931 bits per heavy atom. The highest BCUT2D eigenvalue weighted by atomic mass is 19.1. The van der Waals surface area contributed by atoms with Crippen LogP contribution in [0, 0.1) is 18.6 Å². The maximum absolute atomic E-state index is 13.3. The minimum Gasteiger partial charge on any atom is -0.399 e. The van der Waals surface area contributed by atoms with Crippen molar-refractivity contribution in [2.24, 2.45) is 0 Å². The van der Waals surface area contributed by atoms with Gasteiger partial charge in [0.15, 0.2) is 0 Å². The van der Waals surface area contributed by atoms with Gasteiger partial charge in [0.05, 0.1) is 11.2 Å². The number of amides is 1. The lowest BCUT2D eigenvalue weighted by atomic mass is 9.76. The van der Waals surface area contributed by atoms with Crippen molar-refractivity contribution < 1.29 is 27.7 Å². The zero-order valence-electron chi connectivity index (χ0n) is 16.9. The van der Waals surface area contributed by atoms with Crippen LogP contribution < -0.4 is 10.8 Å². The van der Waals surface area contributed by atoms with Crippen molar-refractivity contribution in [3.63, 3.8) is 0 Å². The minimum atomic E-state index is -1.03. The average molecular weight is 401 g/mol. The van der Waals surface area contributed by atoms with Crippen molar-refractivity contribution in [3.05, 3.63) is 59.2 Å². The number of rotatable bonds is 4. The Balaban J connectivity index is 1.75. The molecule has 0 aromatic heterocycles. The number of anilines is 1. The molecule has 0 radical (unpaired) electrons. The van der Waals surface area contributed by atoms with Crippen LogP contribution in [0.3, 0.4) is 0 Å². The average Bonchev–Trinajstić information content (AvgIpc) is 2.80. The van der Waals surface area contributed by atoms with Crippen molar-refractivity contribution >= 4 is 30.0 Å². The topological polar surface area (TPSA) is 64.6 Å². The van der Waals surface area contributed by atoms with Crippen LogP contribution in [-0.2, 0) is 14.1 Å². The second-order valence-electron chi connectivity index (χ2n) is 8.10. The molecule has 2 aromatic rings. The van der Waals surface area contributed by atoms with Gasteiger partial charge in [-0.3, -0.25) is 9.59 Å². The van der Waals surface area contributed by atoms with E-state index < -0.39 is 41.6 Å². The van der Waals surface area contributed by atoms with Crippen molar-refractivity contribution in [2.75, 3.05) is 5.32 Å². The Hall–Kier alpha value is -2.58. The fraction of sp³-hybridized carbons (Fsp3) is 0.333. The molecule has 0 atom stereocenters. The Morgan fingerprint density at radius 2 is 1.48 bits per heavy atom. The molecule has 1 aliphatic heterocycles. The molecule has 0 saturated carbocycles. The normalized spacial score (nSPS) is 17.3. The number of halogens is 2. The summed E-state index contributed by atoms with van der Waals surface area (Å²) in [6.45, 7) is 9.66. The standard InChI is InChI=1S/C21H22BF2NO4/c1-12-8-16(6-7-17(12)22-28-20(2,3)21(4,5)29-22)25-19(27)18(26)13-9-14(23)11-15(24)10-13/h6-11H,1-5H3,(H,25,27). The van der Waals surface area contributed by atoms with E-state index in [0.29, 0.717) is 11.8 Å². The van der Waals surface area contributed by atoms with Crippen LogP contribution in [0.15, 0.2) is 36.4 Å². The van der Waals surface area contributed by atoms with Gasteiger partial charge in [-0.2, -0.15) is 0 Å². The molecule has 29 heavy (non-hydrogen) atoms. The summed E-state index contributed by atoms with van der Waals surface area (Å²) >= 11 is 0. The maximum atomic E-state index is 13.3. The predicted octanol–water partition coefficient (Wildman–Crippen LogP) is 3.39. The number of benzene rings is 2. The van der Waals surface area contributed by atoms with Gasteiger partial charge in [-0.1, -0.05) is 6.07 Å². The van der Waals surface area contributed by atoms with Crippen molar-refractivity contribution in [1.29, 1.82) is 0 Å². The van der Waals surface area contributed by atoms with Gasteiger partial charge in [0.1, 0.15) is 11.6 Å². The Labute approximate surface area is 168 Å². The highest BCUT2D eigenvalue weighted by molar-refractivity contribution is 6.62. The molecule has 0 bridgehead atoms. The van der Waals surface area contributed by atoms with E-state index in [9.17, 15) is 18.4 Å². The number of nitrogens with one attached hydrogen (secondary N) is 1. The smallest absolute Gasteiger partial charge is 0.399 e. The van der Waals surface area contributed by atoms with Gasteiger partial charge in [0.2, 0.25) is 0 Å². The van der Waals surface area contributed by atoms with Gasteiger partial charge in [-0.15, -0.1) is 0 Å². The summed E-state index contributed by atoms with van der Waals surface area (Å²) in [6.07, 6.45) is 0. The highest BCUT2D eigenvalue weighted by Crippen LogP contribution is 2.36. The molecule has 0 unspecified atom stereocenters. The van der Waals surface area contributed by atoms with Crippen LogP contribution in [0.1, 0.15) is 43.6 Å². The van der Waals surface area contributed by atoms with E-state index in [0.717, 1.165) is 23.2 Å². The molecule has 1 saturated heterocycles. The summed E-state index contributed by atoms with van der Waals surface area (Å²) in [5, 5.41) is 2.46. The molecule has 1 fully saturated rings. The summed E-state index contributed by atoms with van der Waals surface area (Å²) in [5.74, 6) is -3.87. The Morgan fingerprint density at radius 3 is 2.00 bits per heavy atom. The summed E-state index contributed by atoms with van der Waals surface area (Å²) in [6, 6.07) is 7.31. The largest absolute Gasteiger partial charge is 0.495 e. The van der Waals surface area contributed by atoms with Crippen molar-refractivity contribution in [1.82, 2.24) is 0 Å². The highest BCUT2D eigenvalue weighted by Gasteiger charge is 2.52. The third-order valence-electron chi connectivity index (χ3n) is 5.37. The van der Waals surface area contributed by atoms with Gasteiger partial charge in [-0.05, 0) is 69.9 Å². The van der Waals surface area contributed by atoms with Gasteiger partial charge in [0.25, 0.3) is 11.7 Å². The lowest BCUT2D eigenvalue weighted by molar-refractivity contribution is -0.112. The molecule has 1 heterocycles. The van der Waals surface area contributed by atoms with E-state index in [1.807, 2.05) is 34.6 Å². The second kappa shape index (κ2) is 7.35. The van der Waals surface area contributed by atoms with Crippen molar-refractivity contribution in [2.45, 2.75) is 45.8 Å². The summed E-state index contributed by atoms with van der Waals surface area (Å²) < 4.78 is 38.6. The molecule has 1 aliphatic rings. The van der Waals surface area contributed by atoms with Gasteiger partial charge in [0, 0.05) is 17.3 Å². The number of Topliss-reactive ketones (excluding diaryl/α,β-unsaturated/α-hetero) is 1. The molecular weight excluding hydrogens is 379 g/mol. The zero-order chi connectivity index (χ0) is 21.6. The predicted molar refractivity (Wildman–Crippen MR) is 106 cm³/mol. The van der Waals surface area contributed by atoms with Gasteiger partial charge in [-0.25, -0.2) is 8.78 Å². The van der Waals surface area contributed by atoms with Crippen LogP contribution >= 0.6 is 0 Å². The molecule has 5 nitrogen and oxygen atoms in total. The van der Waals surface area contributed by atoms with E-state index in [-0.39, 0.29) is 5.56 Å². The van der Waals surface area contributed by atoms with E-state index in [1.165, 1.54) is 0 Å². The van der Waals surface area contributed by atoms with Crippen LogP contribution in [0.4, 0.5) is 14.5 Å². The van der Waals surface area contributed by atoms with Gasteiger partial charge >= 0.3 is 7.12 Å². The Bertz CT molecular complexity index is 954. The number of carbonyl (C=O) groups excluding carboxylic acids is 2. The molecule has 1 amide bonds. The molecule has 2 aromatic carbocycles. The number of hydrogen-bond donors (Lipinski definition) is 1. The minimum absolute atomic E-state index is 0.356. The molecule has 0 spiro atoms. The van der Waals surface area contributed by atoms with E-state index in [2.05, 4.69) is 5.32 Å². The molecule has 0 aliphatic carbocycles. The lowest BCUT2D eigenvalue weighted by Gasteiger charge is -2.32. The summed E-state index contributed by atoms with van der Waals surface area (Å²) in [4.78, 5) is 24.4. The van der Waals surface area contributed by atoms with Crippen LogP contribution in [0.25, 0.3) is 0 Å².